The van der Waals surface area contributed by atoms with Crippen LogP contribution in [0.5, 0.6) is 11.5 Å². The van der Waals surface area contributed by atoms with E-state index in [0.29, 0.717) is 28.4 Å². The molecule has 3 aromatic rings. The molecule has 186 valence electrons. The van der Waals surface area contributed by atoms with Crippen LogP contribution in [0, 0.1) is 0 Å². The summed E-state index contributed by atoms with van der Waals surface area (Å²) in [5.41, 5.74) is 6.95. The van der Waals surface area contributed by atoms with Crippen molar-refractivity contribution in [3.05, 3.63) is 50.8 Å². The largest absolute Gasteiger partial charge is 0.458 e. The predicted molar refractivity (Wildman–Crippen MR) is 126 cm³/mol. The second-order valence-electron chi connectivity index (χ2n) is 9.06. The average Bonchev–Trinajstić information content (AvgIpc) is 3.48. The fourth-order valence-corrected chi connectivity index (χ4v) is 5.16. The first-order chi connectivity index (χ1) is 17.4. The maximum atomic E-state index is 13.5. The Hall–Kier alpha value is -3.96. The standard InChI is InChI=1S/C25H24N4O7/c1-2-25(33)16-6-18-22-14(9-29(18)23(31)15(16)10-34-24(25)32)13(8-27-21(30)3-4-26)12-5-19-20(36-11-35-19)7-17(12)28-22/h5-7,33H,2-4,8-11,26H2,1H3,(H,27,30)/t25-/m0/s1. The highest BCUT2D eigenvalue weighted by molar-refractivity contribution is 5.91. The first-order valence-corrected chi connectivity index (χ1v) is 11.7. The number of carbonyl (C=O) groups excluding carboxylic acids is 2. The molecule has 1 aromatic carbocycles. The van der Waals surface area contributed by atoms with Crippen molar-refractivity contribution in [1.82, 2.24) is 14.9 Å². The molecule has 0 fully saturated rings. The quantitative estimate of drug-likeness (QED) is 0.343. The minimum atomic E-state index is -1.91. The molecule has 11 heteroatoms. The molecule has 2 aromatic heterocycles. The molecule has 1 amide bonds. The Bertz CT molecular complexity index is 1530. The normalized spacial score (nSPS) is 19.0. The lowest BCUT2D eigenvalue weighted by atomic mass is 9.86. The average molecular weight is 492 g/mol. The Balaban J connectivity index is 1.57. The number of fused-ring (bicyclic) bond motifs is 6. The maximum Gasteiger partial charge on any atom is 0.343 e. The number of nitrogens with one attached hydrogen (secondary N) is 1. The third-order valence-electron chi connectivity index (χ3n) is 7.13. The molecule has 36 heavy (non-hydrogen) atoms. The van der Waals surface area contributed by atoms with Gasteiger partial charge in [-0.1, -0.05) is 6.92 Å². The molecule has 1 atom stereocenters. The molecule has 0 saturated carbocycles. The summed E-state index contributed by atoms with van der Waals surface area (Å²) in [7, 11) is 0. The van der Waals surface area contributed by atoms with E-state index in [9.17, 15) is 19.5 Å². The molecule has 3 aliphatic heterocycles. The number of carbonyl (C=O) groups is 2. The van der Waals surface area contributed by atoms with Crippen LogP contribution in [0.25, 0.3) is 22.3 Å². The topological polar surface area (TPSA) is 155 Å². The number of rotatable bonds is 5. The van der Waals surface area contributed by atoms with E-state index in [2.05, 4.69) is 5.32 Å². The zero-order chi connectivity index (χ0) is 25.2. The summed E-state index contributed by atoms with van der Waals surface area (Å²) in [6, 6.07) is 5.26. The van der Waals surface area contributed by atoms with Crippen LogP contribution in [-0.2, 0) is 39.6 Å². The highest BCUT2D eigenvalue weighted by atomic mass is 16.7. The number of pyridine rings is 2. The number of amides is 1. The molecule has 5 heterocycles. The maximum absolute atomic E-state index is 13.5. The smallest absolute Gasteiger partial charge is 0.343 e. The van der Waals surface area contributed by atoms with Gasteiger partial charge in [0.15, 0.2) is 17.1 Å². The number of hydrogen-bond donors (Lipinski definition) is 3. The van der Waals surface area contributed by atoms with Gasteiger partial charge in [0.25, 0.3) is 5.56 Å². The Morgan fingerprint density at radius 1 is 1.19 bits per heavy atom. The fraction of sp³-hybridized carbons (Fsp3) is 0.360. The van der Waals surface area contributed by atoms with Crippen molar-refractivity contribution < 1.29 is 28.9 Å². The second kappa shape index (κ2) is 8.04. The zero-order valence-electron chi connectivity index (χ0n) is 19.6. The van der Waals surface area contributed by atoms with E-state index in [1.807, 2.05) is 6.07 Å². The van der Waals surface area contributed by atoms with Crippen LogP contribution in [0.2, 0.25) is 0 Å². The van der Waals surface area contributed by atoms with E-state index in [1.165, 1.54) is 0 Å². The highest BCUT2D eigenvalue weighted by Crippen LogP contribution is 2.43. The van der Waals surface area contributed by atoms with Crippen LogP contribution in [0.4, 0.5) is 0 Å². The van der Waals surface area contributed by atoms with Crippen LogP contribution < -0.4 is 26.1 Å². The van der Waals surface area contributed by atoms with Crippen molar-refractivity contribution >= 4 is 22.8 Å². The minimum absolute atomic E-state index is 0.0572. The van der Waals surface area contributed by atoms with Gasteiger partial charge in [0, 0.05) is 42.1 Å². The first-order valence-electron chi connectivity index (χ1n) is 11.7. The molecule has 0 spiro atoms. The number of cyclic esters (lactones) is 1. The van der Waals surface area contributed by atoms with Gasteiger partial charge in [-0.25, -0.2) is 9.78 Å². The molecule has 3 aliphatic rings. The van der Waals surface area contributed by atoms with Gasteiger partial charge < -0.3 is 34.9 Å². The van der Waals surface area contributed by atoms with E-state index in [-0.39, 0.29) is 68.5 Å². The van der Waals surface area contributed by atoms with Crippen LogP contribution in [0.15, 0.2) is 23.0 Å². The third-order valence-corrected chi connectivity index (χ3v) is 7.13. The number of nitrogens with zero attached hydrogens (tertiary/aromatic N) is 2. The van der Waals surface area contributed by atoms with Crippen molar-refractivity contribution in [3.8, 4) is 22.9 Å². The SMILES string of the molecule is CC[C@@]1(O)C(=O)OCc2c1cc1n(c2=O)Cc2c-1nc1cc3c(cc1c2CNC(=O)CCN)OCO3. The summed E-state index contributed by atoms with van der Waals surface area (Å²) < 4.78 is 17.8. The number of aliphatic hydroxyl groups is 1. The molecule has 0 aliphatic carbocycles. The highest BCUT2D eigenvalue weighted by Gasteiger charge is 2.45. The van der Waals surface area contributed by atoms with E-state index in [4.69, 9.17) is 24.9 Å². The van der Waals surface area contributed by atoms with Gasteiger partial charge in [0.05, 0.1) is 29.0 Å². The van der Waals surface area contributed by atoms with Crippen LogP contribution in [0.1, 0.15) is 42.0 Å². The third kappa shape index (κ3) is 3.12. The number of ether oxygens (including phenoxy) is 3. The number of nitrogens with two attached hydrogens (primary N) is 1. The number of esters is 1. The number of benzene rings is 1. The Labute approximate surface area is 204 Å². The fourth-order valence-electron chi connectivity index (χ4n) is 5.16. The molecule has 4 N–H and O–H groups in total. The molecular weight excluding hydrogens is 468 g/mol. The van der Waals surface area contributed by atoms with Crippen LogP contribution in [-0.4, -0.2) is 39.9 Å². The van der Waals surface area contributed by atoms with Gasteiger partial charge >= 0.3 is 5.97 Å². The zero-order valence-corrected chi connectivity index (χ0v) is 19.6. The van der Waals surface area contributed by atoms with E-state index in [1.54, 1.807) is 23.6 Å². The van der Waals surface area contributed by atoms with Crippen molar-refractivity contribution in [2.24, 2.45) is 5.73 Å². The van der Waals surface area contributed by atoms with Crippen molar-refractivity contribution in [2.75, 3.05) is 13.3 Å². The van der Waals surface area contributed by atoms with E-state index >= 15 is 0 Å². The lowest BCUT2D eigenvalue weighted by Gasteiger charge is -2.31. The summed E-state index contributed by atoms with van der Waals surface area (Å²) in [6.07, 6.45) is 0.245. The van der Waals surface area contributed by atoms with Crippen molar-refractivity contribution in [2.45, 2.75) is 45.1 Å². The molecule has 11 nitrogen and oxygen atoms in total. The summed E-state index contributed by atoms with van der Waals surface area (Å²) in [6.45, 7) is 2.20. The monoisotopic (exact) mass is 492 g/mol. The molecule has 0 bridgehead atoms. The summed E-state index contributed by atoms with van der Waals surface area (Å²) in [5.74, 6) is 0.161. The number of hydrogen-bond acceptors (Lipinski definition) is 9. The Morgan fingerprint density at radius 2 is 1.97 bits per heavy atom. The van der Waals surface area contributed by atoms with Gasteiger partial charge in [-0.05, 0) is 24.1 Å². The summed E-state index contributed by atoms with van der Waals surface area (Å²) in [4.78, 5) is 43.0. The van der Waals surface area contributed by atoms with Crippen molar-refractivity contribution in [3.63, 3.8) is 0 Å². The first kappa shape index (κ1) is 22.5. The van der Waals surface area contributed by atoms with Crippen LogP contribution >= 0.6 is 0 Å². The lowest BCUT2D eigenvalue weighted by molar-refractivity contribution is -0.172. The predicted octanol–water partition coefficient (Wildman–Crippen LogP) is 0.773. The Morgan fingerprint density at radius 3 is 2.72 bits per heavy atom. The number of aromatic nitrogens is 2. The van der Waals surface area contributed by atoms with Crippen molar-refractivity contribution in [1.29, 1.82) is 0 Å². The molecule has 0 unspecified atom stereocenters. The van der Waals surface area contributed by atoms with Gasteiger partial charge in [-0.15, -0.1) is 0 Å². The molecule has 6 rings (SSSR count). The van der Waals surface area contributed by atoms with Gasteiger partial charge in [0.1, 0.15) is 6.61 Å². The van der Waals surface area contributed by atoms with Gasteiger partial charge in [-0.3, -0.25) is 9.59 Å². The van der Waals surface area contributed by atoms with Gasteiger partial charge in [-0.2, -0.15) is 0 Å². The molecule has 0 saturated heterocycles. The van der Waals surface area contributed by atoms with Crippen LogP contribution in [0.3, 0.4) is 0 Å². The second-order valence-corrected chi connectivity index (χ2v) is 9.06. The minimum Gasteiger partial charge on any atom is -0.458 e. The summed E-state index contributed by atoms with van der Waals surface area (Å²) >= 11 is 0. The lowest BCUT2D eigenvalue weighted by Crippen LogP contribution is -2.44. The molecule has 0 radical (unpaired) electrons. The summed E-state index contributed by atoms with van der Waals surface area (Å²) in [5, 5.41) is 14.8. The molecular formula is C25H24N4O7. The van der Waals surface area contributed by atoms with Gasteiger partial charge in [0.2, 0.25) is 12.7 Å². The Kier molecular flexibility index (Phi) is 5.02. The van der Waals surface area contributed by atoms with E-state index < -0.39 is 11.6 Å². The van der Waals surface area contributed by atoms with E-state index in [0.717, 1.165) is 16.5 Å².